The van der Waals surface area contributed by atoms with Gasteiger partial charge in [0.25, 0.3) is 10.0 Å². The second-order valence-corrected chi connectivity index (χ2v) is 10.4. The van der Waals surface area contributed by atoms with Crippen molar-refractivity contribution in [3.8, 4) is 11.5 Å². The predicted molar refractivity (Wildman–Crippen MR) is 130 cm³/mol. The number of furan rings is 1. The summed E-state index contributed by atoms with van der Waals surface area (Å²) in [7, 11) is -0.270. The summed E-state index contributed by atoms with van der Waals surface area (Å²) in [5.41, 5.74) is 2.22. The smallest absolute Gasteiger partial charge is 0.335 e. The van der Waals surface area contributed by atoms with Crippen LogP contribution in [0.5, 0.6) is 11.5 Å². The summed E-state index contributed by atoms with van der Waals surface area (Å²) >= 11 is 0. The van der Waals surface area contributed by atoms with Crippen molar-refractivity contribution in [3.05, 3.63) is 71.0 Å². The maximum absolute atomic E-state index is 13.7. The molecule has 1 aliphatic heterocycles. The van der Waals surface area contributed by atoms with Crippen LogP contribution in [0.2, 0.25) is 0 Å². The third-order valence-electron chi connectivity index (χ3n) is 5.65. The molecule has 1 aliphatic rings. The minimum Gasteiger partial charge on any atom is -0.493 e. The molecule has 0 aliphatic carbocycles. The van der Waals surface area contributed by atoms with E-state index >= 15 is 0 Å². The molecule has 10 heteroatoms. The van der Waals surface area contributed by atoms with Gasteiger partial charge in [0.05, 0.1) is 17.9 Å². The van der Waals surface area contributed by atoms with Crippen molar-refractivity contribution in [2.75, 3.05) is 38.1 Å². The van der Waals surface area contributed by atoms with Gasteiger partial charge in [-0.05, 0) is 62.5 Å². The number of likely N-dealkylation sites (N-methyl/N-ethyl adjacent to an activating group) is 1. The normalized spacial score (nSPS) is 12.9. The van der Waals surface area contributed by atoms with E-state index in [-0.39, 0.29) is 23.8 Å². The molecule has 4 rings (SSSR count). The molecule has 0 saturated heterocycles. The molecule has 0 saturated carbocycles. The van der Waals surface area contributed by atoms with E-state index in [1.54, 1.807) is 37.3 Å². The molecule has 1 aromatic heterocycles. The van der Waals surface area contributed by atoms with E-state index in [0.29, 0.717) is 42.5 Å². The summed E-state index contributed by atoms with van der Waals surface area (Å²) in [5, 5.41) is 8.97. The molecule has 0 atom stereocenters. The Kier molecular flexibility index (Phi) is 7.04. The number of carboxylic acids is 1. The number of rotatable bonds is 10. The molecule has 35 heavy (non-hydrogen) atoms. The molecule has 186 valence electrons. The molecular formula is C25H28N2O7S. The zero-order chi connectivity index (χ0) is 25.2. The second-order valence-electron chi connectivity index (χ2n) is 8.56. The lowest BCUT2D eigenvalue weighted by Gasteiger charge is -2.27. The maximum Gasteiger partial charge on any atom is 0.335 e. The second kappa shape index (κ2) is 10.0. The molecule has 0 fully saturated rings. The lowest BCUT2D eigenvalue weighted by molar-refractivity contribution is 0.0696. The van der Waals surface area contributed by atoms with E-state index in [0.717, 1.165) is 11.1 Å². The first-order valence-corrected chi connectivity index (χ1v) is 12.6. The van der Waals surface area contributed by atoms with E-state index in [4.69, 9.17) is 19.0 Å². The number of aromatic carboxylic acids is 1. The standard InChI is InChI=1S/C25H28N2O7S/c1-17-4-9-24(34-17)35(30,31)27(12-11-26(2)3)21-14-20-10-13-32-22(20)15-23(21)33-16-18-5-7-19(8-6-18)25(28)29/h4-9,14-15H,10-13,16H2,1-3H3,(H,28,29). The Hall–Kier alpha value is -3.50. The lowest BCUT2D eigenvalue weighted by Crippen LogP contribution is -2.37. The fourth-order valence-electron chi connectivity index (χ4n) is 3.73. The average molecular weight is 501 g/mol. The number of anilines is 1. The van der Waals surface area contributed by atoms with Crippen molar-refractivity contribution >= 4 is 21.7 Å². The highest BCUT2D eigenvalue weighted by Crippen LogP contribution is 2.40. The van der Waals surface area contributed by atoms with Crippen molar-refractivity contribution in [1.29, 1.82) is 0 Å². The summed E-state index contributed by atoms with van der Waals surface area (Å²) in [6.45, 7) is 2.98. The minimum atomic E-state index is -4.01. The van der Waals surface area contributed by atoms with Gasteiger partial charge in [-0.25, -0.2) is 4.79 Å². The Morgan fingerprint density at radius 3 is 2.46 bits per heavy atom. The summed E-state index contributed by atoms with van der Waals surface area (Å²) in [5.74, 6) is 0.493. The van der Waals surface area contributed by atoms with Gasteiger partial charge in [-0.3, -0.25) is 4.31 Å². The van der Waals surface area contributed by atoms with E-state index in [9.17, 15) is 13.2 Å². The SMILES string of the molecule is Cc1ccc(S(=O)(=O)N(CCN(C)C)c2cc3c(cc2OCc2ccc(C(=O)O)cc2)OCC3)o1. The number of fused-ring (bicyclic) bond motifs is 1. The average Bonchev–Trinajstić information content (AvgIpc) is 3.46. The van der Waals surface area contributed by atoms with E-state index in [1.165, 1.54) is 22.5 Å². The molecule has 0 radical (unpaired) electrons. The van der Waals surface area contributed by atoms with E-state index in [2.05, 4.69) is 0 Å². The third-order valence-corrected chi connectivity index (χ3v) is 7.33. The summed E-state index contributed by atoms with van der Waals surface area (Å²) < 4.78 is 45.9. The van der Waals surface area contributed by atoms with Crippen LogP contribution in [0.15, 0.2) is 58.0 Å². The van der Waals surface area contributed by atoms with Crippen molar-refractivity contribution in [3.63, 3.8) is 0 Å². The fourth-order valence-corrected chi connectivity index (χ4v) is 5.15. The van der Waals surface area contributed by atoms with Crippen LogP contribution in [-0.4, -0.2) is 58.2 Å². The zero-order valence-corrected chi connectivity index (χ0v) is 20.7. The number of nitrogens with zero attached hydrogens (tertiary/aromatic N) is 2. The summed E-state index contributed by atoms with van der Waals surface area (Å²) in [6, 6.07) is 12.9. The number of carboxylic acid groups (broad SMARTS) is 1. The van der Waals surface area contributed by atoms with Gasteiger partial charge in [-0.15, -0.1) is 0 Å². The molecule has 2 aromatic carbocycles. The van der Waals surface area contributed by atoms with Gasteiger partial charge in [-0.2, -0.15) is 8.42 Å². The van der Waals surface area contributed by atoms with Crippen molar-refractivity contribution in [1.82, 2.24) is 4.90 Å². The number of sulfonamides is 1. The Morgan fingerprint density at radius 2 is 1.83 bits per heavy atom. The number of hydrogen-bond acceptors (Lipinski definition) is 7. The highest BCUT2D eigenvalue weighted by atomic mass is 32.2. The molecular weight excluding hydrogens is 472 g/mol. The van der Waals surface area contributed by atoms with Gasteiger partial charge in [0.2, 0.25) is 5.09 Å². The number of carbonyl (C=O) groups is 1. The van der Waals surface area contributed by atoms with E-state index < -0.39 is 16.0 Å². The van der Waals surface area contributed by atoms with Crippen LogP contribution in [0.3, 0.4) is 0 Å². The third kappa shape index (κ3) is 5.44. The van der Waals surface area contributed by atoms with Gasteiger partial charge in [0, 0.05) is 25.6 Å². The minimum absolute atomic E-state index is 0.118. The number of ether oxygens (including phenoxy) is 2. The highest BCUT2D eigenvalue weighted by molar-refractivity contribution is 7.92. The molecule has 0 bridgehead atoms. The molecule has 3 aromatic rings. The quantitative estimate of drug-likeness (QED) is 0.450. The first kappa shape index (κ1) is 24.6. The van der Waals surface area contributed by atoms with Gasteiger partial charge in [0.15, 0.2) is 0 Å². The largest absolute Gasteiger partial charge is 0.493 e. The Bertz CT molecular complexity index is 1310. The topological polar surface area (TPSA) is 110 Å². The van der Waals surface area contributed by atoms with Crippen LogP contribution in [0.4, 0.5) is 5.69 Å². The lowest BCUT2D eigenvalue weighted by atomic mass is 10.1. The van der Waals surface area contributed by atoms with Gasteiger partial charge in [0.1, 0.15) is 23.9 Å². The highest BCUT2D eigenvalue weighted by Gasteiger charge is 2.32. The first-order valence-electron chi connectivity index (χ1n) is 11.1. The Labute approximate surface area is 204 Å². The number of benzene rings is 2. The summed E-state index contributed by atoms with van der Waals surface area (Å²) in [4.78, 5) is 13.0. The molecule has 2 heterocycles. The molecule has 0 spiro atoms. The maximum atomic E-state index is 13.7. The van der Waals surface area contributed by atoms with E-state index in [1.807, 2.05) is 19.0 Å². The number of hydrogen-bond donors (Lipinski definition) is 1. The van der Waals surface area contributed by atoms with Crippen LogP contribution in [-0.2, 0) is 23.1 Å². The van der Waals surface area contributed by atoms with Gasteiger partial charge >= 0.3 is 5.97 Å². The summed E-state index contributed by atoms with van der Waals surface area (Å²) in [6.07, 6.45) is 0.667. The van der Waals surface area contributed by atoms with Gasteiger partial charge < -0.3 is 23.9 Å². The van der Waals surface area contributed by atoms with Crippen LogP contribution in [0, 0.1) is 6.92 Å². The van der Waals surface area contributed by atoms with Crippen molar-refractivity contribution in [2.45, 2.75) is 25.0 Å². The Balaban J connectivity index is 1.72. The monoisotopic (exact) mass is 500 g/mol. The van der Waals surface area contributed by atoms with Crippen molar-refractivity contribution < 1.29 is 32.2 Å². The van der Waals surface area contributed by atoms with Crippen molar-refractivity contribution in [2.24, 2.45) is 0 Å². The predicted octanol–water partition coefficient (Wildman–Crippen LogP) is 3.56. The fraction of sp³-hybridized carbons (Fsp3) is 0.320. The van der Waals surface area contributed by atoms with Crippen LogP contribution >= 0.6 is 0 Å². The van der Waals surface area contributed by atoms with Crippen LogP contribution < -0.4 is 13.8 Å². The van der Waals surface area contributed by atoms with Crippen LogP contribution in [0.1, 0.15) is 27.2 Å². The van der Waals surface area contributed by atoms with Gasteiger partial charge in [-0.1, -0.05) is 12.1 Å². The number of aryl methyl sites for hydroxylation is 1. The Morgan fingerprint density at radius 1 is 1.09 bits per heavy atom. The zero-order valence-electron chi connectivity index (χ0n) is 19.9. The molecule has 9 nitrogen and oxygen atoms in total. The molecule has 0 unspecified atom stereocenters. The molecule has 0 amide bonds. The first-order chi connectivity index (χ1) is 16.6. The van der Waals surface area contributed by atoms with Crippen LogP contribution in [0.25, 0.3) is 0 Å². The molecule has 1 N–H and O–H groups in total.